The summed E-state index contributed by atoms with van der Waals surface area (Å²) in [5.74, 6) is -8.31. The van der Waals surface area contributed by atoms with Gasteiger partial charge in [-0.1, -0.05) is 25.1 Å². The van der Waals surface area contributed by atoms with Gasteiger partial charge in [-0.15, -0.1) is 0 Å². The lowest BCUT2D eigenvalue weighted by atomic mass is 9.54. The molecule has 1 amide bonds. The molecule has 1 saturated carbocycles. The number of benzene rings is 2. The van der Waals surface area contributed by atoms with Crippen molar-refractivity contribution in [2.45, 2.75) is 30.6 Å². The standard InChI is InChI=1S/C29H28N2O10/c1-10-12-5-6-13(11-4-7-14-15(8-11)41-9-40-14)22(32)17(12)23(33)18-16(10)24(34)20-21(31(2)3)25(35)19(28(30)38)27(37)29(20,39)26(18)36/h4-8,10,16,20-21,24,32-34,37,39H,9H2,1-3H3,(H2,30,38)/t10-,16+,20-,21-,24+,29-/m0/s1. The number of carbonyl (C=O) groups is 3. The highest BCUT2D eigenvalue weighted by Crippen LogP contribution is 2.57. The van der Waals surface area contributed by atoms with Crippen LogP contribution in [0, 0.1) is 11.8 Å². The van der Waals surface area contributed by atoms with Gasteiger partial charge in [0.2, 0.25) is 12.6 Å². The summed E-state index contributed by atoms with van der Waals surface area (Å²) in [5.41, 5.74) is 2.14. The van der Waals surface area contributed by atoms with Crippen LogP contribution in [0.5, 0.6) is 17.2 Å². The van der Waals surface area contributed by atoms with Crippen LogP contribution in [0.1, 0.15) is 24.0 Å². The summed E-state index contributed by atoms with van der Waals surface area (Å²) < 4.78 is 10.8. The van der Waals surface area contributed by atoms with E-state index in [0.29, 0.717) is 28.2 Å². The summed E-state index contributed by atoms with van der Waals surface area (Å²) in [5, 5.41) is 57.4. The Balaban J connectivity index is 1.57. The molecule has 0 saturated heterocycles. The number of carbonyl (C=O) groups excluding carboxylic acids is 3. The number of rotatable bonds is 3. The van der Waals surface area contributed by atoms with Crippen molar-refractivity contribution in [1.29, 1.82) is 0 Å². The van der Waals surface area contributed by atoms with E-state index in [2.05, 4.69) is 0 Å². The van der Waals surface area contributed by atoms with Crippen molar-refractivity contribution in [2.75, 3.05) is 20.9 Å². The third-order valence-corrected chi connectivity index (χ3v) is 8.81. The van der Waals surface area contributed by atoms with Crippen LogP contribution in [0.25, 0.3) is 16.9 Å². The maximum Gasteiger partial charge on any atom is 0.255 e. The first-order chi connectivity index (χ1) is 19.3. The van der Waals surface area contributed by atoms with Crippen molar-refractivity contribution >= 4 is 23.2 Å². The molecule has 1 fully saturated rings. The number of aliphatic hydroxyl groups is 4. The van der Waals surface area contributed by atoms with E-state index in [1.54, 1.807) is 37.3 Å². The van der Waals surface area contributed by atoms with Crippen LogP contribution in [0.3, 0.4) is 0 Å². The molecule has 1 aliphatic heterocycles. The Morgan fingerprint density at radius 1 is 1.07 bits per heavy atom. The van der Waals surface area contributed by atoms with Crippen molar-refractivity contribution in [1.82, 2.24) is 4.90 Å². The second-order valence-electron chi connectivity index (χ2n) is 11.0. The van der Waals surface area contributed by atoms with Gasteiger partial charge in [-0.25, -0.2) is 0 Å². The van der Waals surface area contributed by atoms with Crippen molar-refractivity contribution < 1.29 is 49.4 Å². The maximum atomic E-state index is 14.1. The first kappa shape index (κ1) is 26.8. The molecule has 0 unspecified atom stereocenters. The molecule has 0 spiro atoms. The van der Waals surface area contributed by atoms with Gasteiger partial charge in [0.25, 0.3) is 5.91 Å². The zero-order chi connectivity index (χ0) is 29.7. The number of phenols is 1. The predicted octanol–water partition coefficient (Wildman–Crippen LogP) is 0.891. The molecule has 0 radical (unpaired) electrons. The summed E-state index contributed by atoms with van der Waals surface area (Å²) in [6.07, 6.45) is -1.65. The van der Waals surface area contributed by atoms with Gasteiger partial charge in [0.1, 0.15) is 22.8 Å². The lowest BCUT2D eigenvalue weighted by molar-refractivity contribution is -0.169. The van der Waals surface area contributed by atoms with E-state index in [1.807, 2.05) is 0 Å². The number of Topliss-reactive ketones (excluding diaryl/α,β-unsaturated/α-hetero) is 2. The van der Waals surface area contributed by atoms with Gasteiger partial charge in [0.05, 0.1) is 23.6 Å². The molecule has 7 N–H and O–H groups in total. The zero-order valence-electron chi connectivity index (χ0n) is 22.3. The number of hydrogen-bond donors (Lipinski definition) is 6. The van der Waals surface area contributed by atoms with Crippen LogP contribution in [-0.4, -0.2) is 86.5 Å². The Bertz CT molecular complexity index is 1630. The first-order valence-corrected chi connectivity index (χ1v) is 12.9. The van der Waals surface area contributed by atoms with Crippen LogP contribution in [0.4, 0.5) is 0 Å². The van der Waals surface area contributed by atoms with E-state index in [1.165, 1.54) is 19.0 Å². The van der Waals surface area contributed by atoms with Gasteiger partial charge >= 0.3 is 0 Å². The smallest absolute Gasteiger partial charge is 0.255 e. The molecule has 4 aliphatic rings. The highest BCUT2D eigenvalue weighted by Gasteiger charge is 2.68. The monoisotopic (exact) mass is 564 g/mol. The van der Waals surface area contributed by atoms with E-state index in [4.69, 9.17) is 15.2 Å². The third-order valence-electron chi connectivity index (χ3n) is 8.81. The predicted molar refractivity (Wildman–Crippen MR) is 142 cm³/mol. The van der Waals surface area contributed by atoms with Gasteiger partial charge in [-0.2, -0.15) is 0 Å². The lowest BCUT2D eigenvalue weighted by Crippen LogP contribution is -2.70. The van der Waals surface area contributed by atoms with E-state index in [0.717, 1.165) is 0 Å². The molecule has 0 aromatic heterocycles. The summed E-state index contributed by atoms with van der Waals surface area (Å²) in [7, 11) is 2.92. The second kappa shape index (κ2) is 8.80. The average molecular weight is 565 g/mol. The van der Waals surface area contributed by atoms with E-state index in [-0.39, 0.29) is 18.1 Å². The fourth-order valence-electron chi connectivity index (χ4n) is 6.91. The normalized spacial score (nSPS) is 30.3. The molecule has 2 aromatic rings. The number of primary amides is 1. The Morgan fingerprint density at radius 3 is 2.41 bits per heavy atom. The Morgan fingerprint density at radius 2 is 1.76 bits per heavy atom. The highest BCUT2D eigenvalue weighted by molar-refractivity contribution is 6.24. The fraction of sp³-hybridized carbons (Fsp3) is 0.345. The number of ketones is 2. The largest absolute Gasteiger partial charge is 0.508 e. The molecule has 12 heteroatoms. The molecule has 12 nitrogen and oxygen atoms in total. The summed E-state index contributed by atoms with van der Waals surface area (Å²) in [6.45, 7) is 1.73. The minimum atomic E-state index is -2.96. The molecule has 6 atom stereocenters. The number of aromatic hydroxyl groups is 1. The molecule has 3 aliphatic carbocycles. The van der Waals surface area contributed by atoms with Crippen molar-refractivity contribution in [3.63, 3.8) is 0 Å². The van der Waals surface area contributed by atoms with Crippen LogP contribution >= 0.6 is 0 Å². The number of fused-ring (bicyclic) bond motifs is 4. The minimum Gasteiger partial charge on any atom is -0.508 e. The summed E-state index contributed by atoms with van der Waals surface area (Å²) in [6, 6.07) is 6.89. The van der Waals surface area contributed by atoms with E-state index in [9.17, 15) is 39.9 Å². The van der Waals surface area contributed by atoms with Crippen molar-refractivity contribution in [2.24, 2.45) is 17.6 Å². The fourth-order valence-corrected chi connectivity index (χ4v) is 6.91. The highest BCUT2D eigenvalue weighted by atomic mass is 16.7. The van der Waals surface area contributed by atoms with Crippen LogP contribution < -0.4 is 15.2 Å². The number of nitrogens with two attached hydrogens (primary N) is 1. The summed E-state index contributed by atoms with van der Waals surface area (Å²) in [4.78, 5) is 40.9. The van der Waals surface area contributed by atoms with Crippen LogP contribution in [-0.2, 0) is 14.4 Å². The molecular formula is C29H28N2O10. The number of nitrogens with zero attached hydrogens (tertiary/aromatic N) is 1. The molecule has 6 rings (SSSR count). The average Bonchev–Trinajstić information content (AvgIpc) is 3.38. The number of phenolic OH excluding ortho intramolecular Hbond substituents is 1. The summed E-state index contributed by atoms with van der Waals surface area (Å²) >= 11 is 0. The van der Waals surface area contributed by atoms with Crippen LogP contribution in [0.2, 0.25) is 0 Å². The Labute approximate surface area is 233 Å². The van der Waals surface area contributed by atoms with Crippen molar-refractivity contribution in [3.8, 4) is 28.4 Å². The topological polar surface area (TPSA) is 200 Å². The van der Waals surface area contributed by atoms with Gasteiger partial charge in [-0.3, -0.25) is 19.3 Å². The van der Waals surface area contributed by atoms with Crippen molar-refractivity contribution in [3.05, 3.63) is 58.4 Å². The number of hydrogen-bond acceptors (Lipinski definition) is 11. The number of amides is 1. The zero-order valence-corrected chi connectivity index (χ0v) is 22.3. The van der Waals surface area contributed by atoms with Gasteiger partial charge in [0, 0.05) is 17.1 Å². The SMILES string of the molecule is C[C@H]1c2ccc(-c3ccc4c(c3)OCO4)c(O)c2C(O)=C2C(=O)[C@]3(O)C(O)=C(C(N)=O)C(=O)[C@@H](N(C)C)[C@H]3[C@H](O)[C@@H]21. The number of likely N-dealkylation sites (N-methyl/N-ethyl adjacent to an activating group) is 1. The van der Waals surface area contributed by atoms with Crippen LogP contribution in [0.15, 0.2) is 47.2 Å². The quantitative estimate of drug-likeness (QED) is 0.289. The molecule has 0 bridgehead atoms. The second-order valence-corrected chi connectivity index (χ2v) is 11.0. The molecule has 1 heterocycles. The van der Waals surface area contributed by atoms with E-state index >= 15 is 0 Å². The maximum absolute atomic E-state index is 14.1. The molecule has 41 heavy (non-hydrogen) atoms. The van der Waals surface area contributed by atoms with Gasteiger partial charge in [-0.05, 0) is 43.3 Å². The lowest BCUT2D eigenvalue weighted by Gasteiger charge is -2.53. The minimum absolute atomic E-state index is 0.0497. The Hall–Kier alpha value is -4.39. The van der Waals surface area contributed by atoms with Gasteiger partial charge < -0.3 is 40.7 Å². The van der Waals surface area contributed by atoms with E-state index < -0.39 is 75.6 Å². The third kappa shape index (κ3) is 3.35. The Kier molecular flexibility index (Phi) is 5.76. The first-order valence-electron chi connectivity index (χ1n) is 12.9. The molecule has 214 valence electrons. The molecule has 2 aromatic carbocycles. The number of aliphatic hydroxyl groups excluding tert-OH is 3. The number of ether oxygens (including phenoxy) is 2. The molecular weight excluding hydrogens is 536 g/mol. The van der Waals surface area contributed by atoms with Gasteiger partial charge in [0.15, 0.2) is 22.9 Å².